The zero-order valence-electron chi connectivity index (χ0n) is 11.7. The molecule has 0 atom stereocenters. The highest BCUT2D eigenvalue weighted by molar-refractivity contribution is 5.93. The number of fused-ring (bicyclic) bond motifs is 1. The SMILES string of the molecule is CNc1cc(C)nc2ccc(N3CCCCC3)cc12. The van der Waals surface area contributed by atoms with Crippen LogP contribution in [0.3, 0.4) is 0 Å². The molecule has 2 heterocycles. The predicted molar refractivity (Wildman–Crippen MR) is 82.1 cm³/mol. The van der Waals surface area contributed by atoms with Crippen LogP contribution in [-0.4, -0.2) is 25.1 Å². The molecule has 1 aliphatic heterocycles. The van der Waals surface area contributed by atoms with Gasteiger partial charge < -0.3 is 10.2 Å². The van der Waals surface area contributed by atoms with Gasteiger partial charge in [-0.25, -0.2) is 0 Å². The number of piperidine rings is 1. The summed E-state index contributed by atoms with van der Waals surface area (Å²) in [6.07, 6.45) is 3.98. The molecule has 1 aliphatic rings. The van der Waals surface area contributed by atoms with Crippen LogP contribution >= 0.6 is 0 Å². The zero-order valence-corrected chi connectivity index (χ0v) is 11.7. The van der Waals surface area contributed by atoms with Gasteiger partial charge in [-0.2, -0.15) is 0 Å². The number of nitrogens with one attached hydrogen (secondary N) is 1. The molecule has 0 spiro atoms. The lowest BCUT2D eigenvalue weighted by Crippen LogP contribution is -2.29. The van der Waals surface area contributed by atoms with E-state index in [0.29, 0.717) is 0 Å². The summed E-state index contributed by atoms with van der Waals surface area (Å²) in [6.45, 7) is 4.40. The molecule has 0 radical (unpaired) electrons. The van der Waals surface area contributed by atoms with Gasteiger partial charge in [0.1, 0.15) is 0 Å². The normalized spacial score (nSPS) is 15.8. The molecule has 3 rings (SSSR count). The van der Waals surface area contributed by atoms with Crippen LogP contribution in [0.4, 0.5) is 11.4 Å². The number of nitrogens with zero attached hydrogens (tertiary/aromatic N) is 2. The number of aromatic nitrogens is 1. The Morgan fingerprint density at radius 2 is 1.89 bits per heavy atom. The van der Waals surface area contributed by atoms with Gasteiger partial charge >= 0.3 is 0 Å². The first kappa shape index (κ1) is 12.3. The molecule has 2 aromatic rings. The average molecular weight is 255 g/mol. The van der Waals surface area contributed by atoms with Crippen molar-refractivity contribution in [1.29, 1.82) is 0 Å². The van der Waals surface area contributed by atoms with E-state index in [2.05, 4.69) is 39.5 Å². The Kier molecular flexibility index (Phi) is 3.28. The summed E-state index contributed by atoms with van der Waals surface area (Å²) < 4.78 is 0. The van der Waals surface area contributed by atoms with Gasteiger partial charge in [-0.3, -0.25) is 4.98 Å². The first-order chi connectivity index (χ1) is 9.28. The monoisotopic (exact) mass is 255 g/mol. The summed E-state index contributed by atoms with van der Waals surface area (Å²) in [5.41, 5.74) is 4.63. The Balaban J connectivity index is 2.06. The fraction of sp³-hybridized carbons (Fsp3) is 0.438. The summed E-state index contributed by atoms with van der Waals surface area (Å²) >= 11 is 0. The summed E-state index contributed by atoms with van der Waals surface area (Å²) in [4.78, 5) is 7.10. The zero-order chi connectivity index (χ0) is 13.2. The minimum Gasteiger partial charge on any atom is -0.388 e. The van der Waals surface area contributed by atoms with Crippen molar-refractivity contribution >= 4 is 22.3 Å². The lowest BCUT2D eigenvalue weighted by Gasteiger charge is -2.29. The Hall–Kier alpha value is -1.77. The molecular formula is C16H21N3. The van der Waals surface area contributed by atoms with Crippen LogP contribution in [0.5, 0.6) is 0 Å². The number of anilines is 2. The Morgan fingerprint density at radius 3 is 2.63 bits per heavy atom. The summed E-state index contributed by atoms with van der Waals surface area (Å²) in [5.74, 6) is 0. The maximum absolute atomic E-state index is 4.61. The van der Waals surface area contributed by atoms with Crippen molar-refractivity contribution in [2.24, 2.45) is 0 Å². The quantitative estimate of drug-likeness (QED) is 0.889. The van der Waals surface area contributed by atoms with Gasteiger partial charge in [-0.1, -0.05) is 0 Å². The van der Waals surface area contributed by atoms with E-state index in [1.165, 1.54) is 49.1 Å². The van der Waals surface area contributed by atoms with Gasteiger partial charge in [0.15, 0.2) is 0 Å². The van der Waals surface area contributed by atoms with Crippen molar-refractivity contribution in [3.63, 3.8) is 0 Å². The van der Waals surface area contributed by atoms with E-state index in [9.17, 15) is 0 Å². The molecule has 0 amide bonds. The van der Waals surface area contributed by atoms with Gasteiger partial charge in [-0.15, -0.1) is 0 Å². The van der Waals surface area contributed by atoms with Gasteiger partial charge in [0, 0.05) is 42.6 Å². The molecule has 1 aromatic heterocycles. The standard InChI is InChI=1S/C16H21N3/c1-12-10-16(17-2)14-11-13(6-7-15(14)18-12)19-8-4-3-5-9-19/h6-7,10-11H,3-5,8-9H2,1-2H3,(H,17,18). The van der Waals surface area contributed by atoms with Crippen LogP contribution in [0.1, 0.15) is 25.0 Å². The third-order valence-corrected chi connectivity index (χ3v) is 3.91. The van der Waals surface area contributed by atoms with Crippen molar-refractivity contribution in [2.45, 2.75) is 26.2 Å². The molecule has 19 heavy (non-hydrogen) atoms. The Morgan fingerprint density at radius 1 is 1.11 bits per heavy atom. The molecule has 0 unspecified atom stereocenters. The van der Waals surface area contributed by atoms with Crippen molar-refractivity contribution in [3.05, 3.63) is 30.0 Å². The van der Waals surface area contributed by atoms with Crippen molar-refractivity contribution in [3.8, 4) is 0 Å². The number of hydrogen-bond donors (Lipinski definition) is 1. The third kappa shape index (κ3) is 2.37. The maximum Gasteiger partial charge on any atom is 0.0727 e. The van der Waals surface area contributed by atoms with Crippen LogP contribution in [0.2, 0.25) is 0 Å². The van der Waals surface area contributed by atoms with Crippen molar-refractivity contribution in [1.82, 2.24) is 4.98 Å². The van der Waals surface area contributed by atoms with Crippen LogP contribution in [0.25, 0.3) is 10.9 Å². The van der Waals surface area contributed by atoms with Crippen LogP contribution in [-0.2, 0) is 0 Å². The highest BCUT2D eigenvalue weighted by Gasteiger charge is 2.12. The van der Waals surface area contributed by atoms with E-state index < -0.39 is 0 Å². The van der Waals surface area contributed by atoms with Crippen molar-refractivity contribution < 1.29 is 0 Å². The lowest BCUT2D eigenvalue weighted by molar-refractivity contribution is 0.578. The molecule has 1 N–H and O–H groups in total. The molecule has 0 saturated carbocycles. The van der Waals surface area contributed by atoms with E-state index >= 15 is 0 Å². The molecular weight excluding hydrogens is 234 g/mol. The predicted octanol–water partition coefficient (Wildman–Crippen LogP) is 3.58. The Bertz CT molecular complexity index is 586. The van der Waals surface area contributed by atoms with E-state index in [-0.39, 0.29) is 0 Å². The summed E-state index contributed by atoms with van der Waals surface area (Å²) in [6, 6.07) is 8.74. The van der Waals surface area contributed by atoms with E-state index in [1.807, 2.05) is 14.0 Å². The molecule has 1 saturated heterocycles. The summed E-state index contributed by atoms with van der Waals surface area (Å²) in [5, 5.41) is 4.50. The molecule has 0 bridgehead atoms. The van der Waals surface area contributed by atoms with Gasteiger partial charge in [0.05, 0.1) is 5.52 Å². The lowest BCUT2D eigenvalue weighted by atomic mass is 10.1. The van der Waals surface area contributed by atoms with E-state index in [4.69, 9.17) is 0 Å². The van der Waals surface area contributed by atoms with Crippen molar-refractivity contribution in [2.75, 3.05) is 30.4 Å². The molecule has 1 fully saturated rings. The Labute approximate surface area is 114 Å². The minimum atomic E-state index is 1.06. The fourth-order valence-electron chi connectivity index (χ4n) is 2.90. The smallest absolute Gasteiger partial charge is 0.0727 e. The highest BCUT2D eigenvalue weighted by Crippen LogP contribution is 2.28. The molecule has 1 aromatic carbocycles. The average Bonchev–Trinajstić information content (AvgIpc) is 2.46. The first-order valence-corrected chi connectivity index (χ1v) is 7.12. The van der Waals surface area contributed by atoms with Crippen LogP contribution in [0.15, 0.2) is 24.3 Å². The number of pyridine rings is 1. The fourth-order valence-corrected chi connectivity index (χ4v) is 2.90. The van der Waals surface area contributed by atoms with Gasteiger partial charge in [0.2, 0.25) is 0 Å². The number of hydrogen-bond acceptors (Lipinski definition) is 3. The van der Waals surface area contributed by atoms with E-state index in [1.54, 1.807) is 0 Å². The molecule has 3 heteroatoms. The minimum absolute atomic E-state index is 1.06. The first-order valence-electron chi connectivity index (χ1n) is 7.12. The highest BCUT2D eigenvalue weighted by atomic mass is 15.1. The maximum atomic E-state index is 4.61. The summed E-state index contributed by atoms with van der Waals surface area (Å²) in [7, 11) is 1.97. The largest absolute Gasteiger partial charge is 0.388 e. The molecule has 100 valence electrons. The van der Waals surface area contributed by atoms with Crippen LogP contribution < -0.4 is 10.2 Å². The third-order valence-electron chi connectivity index (χ3n) is 3.91. The molecule has 0 aliphatic carbocycles. The number of benzene rings is 1. The van der Waals surface area contributed by atoms with Gasteiger partial charge in [-0.05, 0) is 50.5 Å². The topological polar surface area (TPSA) is 28.2 Å². The number of rotatable bonds is 2. The second-order valence-electron chi connectivity index (χ2n) is 5.31. The molecule has 3 nitrogen and oxygen atoms in total. The second-order valence-corrected chi connectivity index (χ2v) is 5.31. The number of aryl methyl sites for hydroxylation is 1. The second kappa shape index (κ2) is 5.08. The van der Waals surface area contributed by atoms with Gasteiger partial charge in [0.25, 0.3) is 0 Å². The van der Waals surface area contributed by atoms with E-state index in [0.717, 1.165) is 11.2 Å². The van der Waals surface area contributed by atoms with Crippen LogP contribution in [0, 0.1) is 6.92 Å².